The van der Waals surface area contributed by atoms with Gasteiger partial charge in [0.2, 0.25) is 0 Å². The van der Waals surface area contributed by atoms with Crippen molar-refractivity contribution in [1.82, 2.24) is 9.80 Å². The van der Waals surface area contributed by atoms with Gasteiger partial charge in [0.15, 0.2) is 0 Å². The third-order valence-electron chi connectivity index (χ3n) is 4.10. The van der Waals surface area contributed by atoms with Crippen LogP contribution in [0.1, 0.15) is 40.0 Å². The van der Waals surface area contributed by atoms with E-state index in [-0.39, 0.29) is 11.6 Å². The Bertz CT molecular complexity index is 328. The highest BCUT2D eigenvalue weighted by molar-refractivity contribution is 5.77. The van der Waals surface area contributed by atoms with Gasteiger partial charge in [-0.2, -0.15) is 0 Å². The molecule has 0 saturated carbocycles. The average molecular weight is 256 g/mol. The van der Waals surface area contributed by atoms with Gasteiger partial charge < -0.3 is 14.9 Å². The number of aliphatic carboxylic acids is 1. The third-order valence-corrected chi connectivity index (χ3v) is 4.10. The molecule has 1 aliphatic rings. The first-order chi connectivity index (χ1) is 8.29. The second kappa shape index (κ2) is 5.59. The number of piperidine rings is 1. The summed E-state index contributed by atoms with van der Waals surface area (Å²) in [5.41, 5.74) is -0.201. The number of rotatable bonds is 3. The Hall–Kier alpha value is -1.26. The number of hydrogen-bond donors (Lipinski definition) is 1. The van der Waals surface area contributed by atoms with E-state index in [4.69, 9.17) is 5.11 Å². The van der Waals surface area contributed by atoms with E-state index in [2.05, 4.69) is 0 Å². The van der Waals surface area contributed by atoms with Crippen LogP contribution in [0.25, 0.3) is 0 Å². The zero-order valence-corrected chi connectivity index (χ0v) is 11.8. The molecule has 0 aromatic rings. The van der Waals surface area contributed by atoms with E-state index in [1.54, 1.807) is 16.8 Å². The summed E-state index contributed by atoms with van der Waals surface area (Å²) in [4.78, 5) is 26.7. The summed E-state index contributed by atoms with van der Waals surface area (Å²) in [6.45, 7) is 7.07. The molecule has 0 aromatic carbocycles. The van der Waals surface area contributed by atoms with Gasteiger partial charge in [-0.05, 0) is 33.1 Å². The number of amides is 2. The van der Waals surface area contributed by atoms with Crippen molar-refractivity contribution in [2.75, 3.05) is 20.1 Å². The molecule has 1 saturated heterocycles. The molecule has 1 heterocycles. The third kappa shape index (κ3) is 3.15. The van der Waals surface area contributed by atoms with Crippen molar-refractivity contribution in [3.05, 3.63) is 0 Å². The van der Waals surface area contributed by atoms with Gasteiger partial charge in [-0.1, -0.05) is 6.92 Å². The maximum absolute atomic E-state index is 12.3. The average Bonchev–Trinajstić information content (AvgIpc) is 2.37. The molecule has 1 fully saturated rings. The van der Waals surface area contributed by atoms with Crippen LogP contribution in [0.5, 0.6) is 0 Å². The van der Waals surface area contributed by atoms with Crippen LogP contribution < -0.4 is 0 Å². The number of carbonyl (C=O) groups is 2. The van der Waals surface area contributed by atoms with Gasteiger partial charge in [0.05, 0.1) is 5.92 Å². The molecule has 0 unspecified atom stereocenters. The lowest BCUT2D eigenvalue weighted by atomic mass is 9.97. The quantitative estimate of drug-likeness (QED) is 0.840. The maximum atomic E-state index is 12.3. The molecule has 0 bridgehead atoms. The molecule has 5 heteroatoms. The lowest BCUT2D eigenvalue weighted by Crippen LogP contribution is -2.53. The van der Waals surface area contributed by atoms with Crippen LogP contribution in [-0.4, -0.2) is 52.6 Å². The SMILES string of the molecule is CCC(C)(C)N(C)C(=O)N1CCC[C@H](C(=O)O)C1. The van der Waals surface area contributed by atoms with Crippen molar-refractivity contribution in [2.45, 2.75) is 45.6 Å². The topological polar surface area (TPSA) is 60.9 Å². The second-order valence-electron chi connectivity index (χ2n) is 5.63. The number of carboxylic acid groups (broad SMARTS) is 1. The summed E-state index contributed by atoms with van der Waals surface area (Å²) >= 11 is 0. The van der Waals surface area contributed by atoms with Crippen molar-refractivity contribution in [2.24, 2.45) is 5.92 Å². The molecule has 1 rings (SSSR count). The molecule has 0 spiro atoms. The normalized spacial score (nSPS) is 20.7. The van der Waals surface area contributed by atoms with Gasteiger partial charge in [0.1, 0.15) is 0 Å². The fraction of sp³-hybridized carbons (Fsp3) is 0.846. The van der Waals surface area contributed by atoms with Gasteiger partial charge in [-0.15, -0.1) is 0 Å². The highest BCUT2D eigenvalue weighted by Gasteiger charge is 2.33. The molecule has 0 aliphatic carbocycles. The number of likely N-dealkylation sites (tertiary alicyclic amines) is 1. The summed E-state index contributed by atoms with van der Waals surface area (Å²) in [5, 5.41) is 9.03. The largest absolute Gasteiger partial charge is 0.481 e. The van der Waals surface area contributed by atoms with E-state index in [1.165, 1.54) is 0 Å². The van der Waals surface area contributed by atoms with Gasteiger partial charge in [-0.3, -0.25) is 4.79 Å². The minimum atomic E-state index is -0.801. The van der Waals surface area contributed by atoms with Crippen molar-refractivity contribution in [3.63, 3.8) is 0 Å². The number of urea groups is 1. The molecule has 0 aromatic heterocycles. The number of nitrogens with zero attached hydrogens (tertiary/aromatic N) is 2. The first-order valence-electron chi connectivity index (χ1n) is 6.55. The first-order valence-corrected chi connectivity index (χ1v) is 6.55. The molecular formula is C13H24N2O3. The standard InChI is InChI=1S/C13H24N2O3/c1-5-13(2,3)14(4)12(18)15-8-6-7-10(9-15)11(16)17/h10H,5-9H2,1-4H3,(H,16,17)/t10-/m0/s1. The highest BCUT2D eigenvalue weighted by Crippen LogP contribution is 2.22. The van der Waals surface area contributed by atoms with E-state index in [0.29, 0.717) is 19.5 Å². The van der Waals surface area contributed by atoms with Crippen LogP contribution in [0.4, 0.5) is 4.79 Å². The zero-order valence-electron chi connectivity index (χ0n) is 11.8. The molecule has 1 aliphatic heterocycles. The van der Waals surface area contributed by atoms with Gasteiger partial charge in [0.25, 0.3) is 0 Å². The summed E-state index contributed by atoms with van der Waals surface area (Å²) < 4.78 is 0. The minimum absolute atomic E-state index is 0.0622. The molecule has 1 N–H and O–H groups in total. The fourth-order valence-corrected chi connectivity index (χ4v) is 2.06. The van der Waals surface area contributed by atoms with Crippen molar-refractivity contribution in [3.8, 4) is 0 Å². The number of carbonyl (C=O) groups excluding carboxylic acids is 1. The van der Waals surface area contributed by atoms with E-state index < -0.39 is 11.9 Å². The second-order valence-corrected chi connectivity index (χ2v) is 5.63. The lowest BCUT2D eigenvalue weighted by Gasteiger charge is -2.40. The molecule has 5 nitrogen and oxygen atoms in total. The Morgan fingerprint density at radius 3 is 2.56 bits per heavy atom. The molecule has 104 valence electrons. The Kier molecular flexibility index (Phi) is 4.59. The van der Waals surface area contributed by atoms with E-state index in [0.717, 1.165) is 12.8 Å². The lowest BCUT2D eigenvalue weighted by molar-refractivity contribution is -0.143. The number of carboxylic acids is 1. The van der Waals surface area contributed by atoms with Gasteiger partial charge in [-0.25, -0.2) is 4.79 Å². The van der Waals surface area contributed by atoms with Crippen LogP contribution in [-0.2, 0) is 4.79 Å². The van der Waals surface area contributed by atoms with Crippen molar-refractivity contribution < 1.29 is 14.7 Å². The van der Waals surface area contributed by atoms with Gasteiger partial charge in [0, 0.05) is 25.7 Å². The monoisotopic (exact) mass is 256 g/mol. The minimum Gasteiger partial charge on any atom is -0.481 e. The summed E-state index contributed by atoms with van der Waals surface area (Å²) in [7, 11) is 1.79. The Morgan fingerprint density at radius 1 is 1.44 bits per heavy atom. The summed E-state index contributed by atoms with van der Waals surface area (Å²) in [5.74, 6) is -1.22. The molecular weight excluding hydrogens is 232 g/mol. The Balaban J connectivity index is 2.69. The molecule has 18 heavy (non-hydrogen) atoms. The Labute approximate surface area is 109 Å². The van der Waals surface area contributed by atoms with Crippen molar-refractivity contribution in [1.29, 1.82) is 0 Å². The van der Waals surface area contributed by atoms with E-state index in [1.807, 2.05) is 20.8 Å². The van der Waals surface area contributed by atoms with Crippen LogP contribution in [0.3, 0.4) is 0 Å². The molecule has 0 radical (unpaired) electrons. The van der Waals surface area contributed by atoms with Crippen LogP contribution in [0.15, 0.2) is 0 Å². The molecule has 2 amide bonds. The fourth-order valence-electron chi connectivity index (χ4n) is 2.06. The number of hydrogen-bond acceptors (Lipinski definition) is 2. The predicted octanol–water partition coefficient (Wildman–Crippen LogP) is 2.02. The Morgan fingerprint density at radius 2 is 2.06 bits per heavy atom. The highest BCUT2D eigenvalue weighted by atomic mass is 16.4. The first kappa shape index (κ1) is 14.8. The van der Waals surface area contributed by atoms with Gasteiger partial charge >= 0.3 is 12.0 Å². The zero-order chi connectivity index (χ0) is 13.9. The van der Waals surface area contributed by atoms with E-state index >= 15 is 0 Å². The van der Waals surface area contributed by atoms with E-state index in [9.17, 15) is 9.59 Å². The maximum Gasteiger partial charge on any atom is 0.320 e. The smallest absolute Gasteiger partial charge is 0.320 e. The predicted molar refractivity (Wildman–Crippen MR) is 69.5 cm³/mol. The van der Waals surface area contributed by atoms with Crippen LogP contribution >= 0.6 is 0 Å². The van der Waals surface area contributed by atoms with Crippen LogP contribution in [0, 0.1) is 5.92 Å². The summed E-state index contributed by atoms with van der Waals surface area (Å²) in [6, 6.07) is -0.0622. The summed E-state index contributed by atoms with van der Waals surface area (Å²) in [6.07, 6.45) is 2.30. The van der Waals surface area contributed by atoms with Crippen molar-refractivity contribution >= 4 is 12.0 Å². The molecule has 1 atom stereocenters. The van der Waals surface area contributed by atoms with Crippen LogP contribution in [0.2, 0.25) is 0 Å².